The predicted molar refractivity (Wildman–Crippen MR) is 70.1 cm³/mol. The van der Waals surface area contributed by atoms with E-state index < -0.39 is 11.7 Å². The summed E-state index contributed by atoms with van der Waals surface area (Å²) in [7, 11) is 0. The summed E-state index contributed by atoms with van der Waals surface area (Å²) in [5.74, 6) is 2.72. The van der Waals surface area contributed by atoms with Crippen LogP contribution in [-0.2, 0) is 6.18 Å². The van der Waals surface area contributed by atoms with Gasteiger partial charge in [0.25, 0.3) is 0 Å². The van der Waals surface area contributed by atoms with Crippen molar-refractivity contribution in [2.75, 3.05) is 23.4 Å². The first-order valence-corrected chi connectivity index (χ1v) is 7.09. The second-order valence-electron chi connectivity index (χ2n) is 4.48. The molecule has 1 N–H and O–H groups in total. The number of halogens is 3. The minimum atomic E-state index is -4.41. The number of alkyl halides is 3. The first-order chi connectivity index (χ1) is 9.00. The monoisotopic (exact) mass is 286 g/mol. The maximum absolute atomic E-state index is 12.5. The maximum Gasteiger partial charge on any atom is 0.416 e. The molecule has 2 nitrogen and oxygen atoms in total. The van der Waals surface area contributed by atoms with E-state index in [0.717, 1.165) is 30.1 Å². The number of hydrogen-bond donors (Lipinski definition) is 1. The van der Waals surface area contributed by atoms with Crippen LogP contribution in [0.25, 0.3) is 0 Å². The van der Waals surface area contributed by atoms with Crippen molar-refractivity contribution in [1.29, 1.82) is 5.26 Å². The van der Waals surface area contributed by atoms with Gasteiger partial charge in [-0.3, -0.25) is 0 Å². The SMILES string of the molecule is N#Cc1cc(C(F)(F)F)ccc1NCC1CCSC1. The molecule has 1 aliphatic heterocycles. The van der Waals surface area contributed by atoms with E-state index in [0.29, 0.717) is 18.2 Å². The van der Waals surface area contributed by atoms with Crippen molar-refractivity contribution in [1.82, 2.24) is 0 Å². The maximum atomic E-state index is 12.5. The second kappa shape index (κ2) is 5.74. The van der Waals surface area contributed by atoms with Gasteiger partial charge in [0.15, 0.2) is 0 Å². The molecule has 6 heteroatoms. The lowest BCUT2D eigenvalue weighted by atomic mass is 10.1. The van der Waals surface area contributed by atoms with E-state index in [1.165, 1.54) is 6.07 Å². The fraction of sp³-hybridized carbons (Fsp3) is 0.462. The van der Waals surface area contributed by atoms with Crippen LogP contribution in [0.15, 0.2) is 18.2 Å². The summed E-state index contributed by atoms with van der Waals surface area (Å²) in [6.45, 7) is 0.701. The Morgan fingerprint density at radius 2 is 2.21 bits per heavy atom. The minimum Gasteiger partial charge on any atom is -0.384 e. The number of benzene rings is 1. The third-order valence-corrected chi connectivity index (χ3v) is 4.30. The summed E-state index contributed by atoms with van der Waals surface area (Å²) >= 11 is 1.88. The molecule has 2 rings (SSSR count). The molecule has 0 bridgehead atoms. The number of thioether (sulfide) groups is 1. The molecule has 19 heavy (non-hydrogen) atoms. The lowest BCUT2D eigenvalue weighted by Crippen LogP contribution is -2.14. The molecule has 0 spiro atoms. The summed E-state index contributed by atoms with van der Waals surface area (Å²) in [5.41, 5.74) is -0.265. The number of nitrogens with one attached hydrogen (secondary N) is 1. The molecule has 0 aromatic heterocycles. The zero-order chi connectivity index (χ0) is 13.9. The van der Waals surface area contributed by atoms with Gasteiger partial charge in [0.1, 0.15) is 6.07 Å². The van der Waals surface area contributed by atoms with E-state index in [1.54, 1.807) is 0 Å². The largest absolute Gasteiger partial charge is 0.416 e. The zero-order valence-corrected chi connectivity index (χ0v) is 10.9. The Labute approximate surface area is 114 Å². The summed E-state index contributed by atoms with van der Waals surface area (Å²) in [6.07, 6.45) is -3.30. The molecule has 0 saturated carbocycles. The van der Waals surface area contributed by atoms with E-state index >= 15 is 0 Å². The second-order valence-corrected chi connectivity index (χ2v) is 5.63. The van der Waals surface area contributed by atoms with Gasteiger partial charge < -0.3 is 5.32 Å². The van der Waals surface area contributed by atoms with Crippen LogP contribution in [0.2, 0.25) is 0 Å². The van der Waals surface area contributed by atoms with Crippen molar-refractivity contribution in [3.63, 3.8) is 0 Å². The summed E-state index contributed by atoms with van der Waals surface area (Å²) < 4.78 is 37.6. The number of hydrogen-bond acceptors (Lipinski definition) is 3. The van der Waals surface area contributed by atoms with Gasteiger partial charge in [-0.05, 0) is 42.0 Å². The zero-order valence-electron chi connectivity index (χ0n) is 10.1. The van der Waals surface area contributed by atoms with Crippen LogP contribution in [0, 0.1) is 17.2 Å². The van der Waals surface area contributed by atoms with Gasteiger partial charge in [-0.25, -0.2) is 0 Å². The molecule has 1 saturated heterocycles. The van der Waals surface area contributed by atoms with Crippen molar-refractivity contribution < 1.29 is 13.2 Å². The summed E-state index contributed by atoms with van der Waals surface area (Å²) in [4.78, 5) is 0. The van der Waals surface area contributed by atoms with Crippen molar-refractivity contribution in [3.8, 4) is 6.07 Å². The van der Waals surface area contributed by atoms with Crippen LogP contribution < -0.4 is 5.32 Å². The first kappa shape index (κ1) is 14.1. The van der Waals surface area contributed by atoms with E-state index in [9.17, 15) is 13.2 Å². The number of nitrogens with zero attached hydrogens (tertiary/aromatic N) is 1. The third kappa shape index (κ3) is 3.57. The Bertz CT molecular complexity index is 488. The van der Waals surface area contributed by atoms with E-state index in [2.05, 4.69) is 5.32 Å². The van der Waals surface area contributed by atoms with Crippen LogP contribution >= 0.6 is 11.8 Å². The van der Waals surface area contributed by atoms with Crippen molar-refractivity contribution in [2.24, 2.45) is 5.92 Å². The van der Waals surface area contributed by atoms with Gasteiger partial charge in [0, 0.05) is 6.54 Å². The predicted octanol–water partition coefficient (Wildman–Crippen LogP) is 3.74. The molecule has 0 amide bonds. The smallest absolute Gasteiger partial charge is 0.384 e. The van der Waals surface area contributed by atoms with Crippen LogP contribution in [0.4, 0.5) is 18.9 Å². The van der Waals surface area contributed by atoms with Crippen molar-refractivity contribution in [3.05, 3.63) is 29.3 Å². The average molecular weight is 286 g/mol. The Balaban J connectivity index is 2.10. The van der Waals surface area contributed by atoms with Gasteiger partial charge in [-0.2, -0.15) is 30.2 Å². The standard InChI is InChI=1S/C13H13F3N2S/c14-13(15,16)11-1-2-12(10(5-11)6-17)18-7-9-3-4-19-8-9/h1-2,5,9,18H,3-4,7-8H2. The molecule has 1 fully saturated rings. The van der Waals surface area contributed by atoms with Crippen molar-refractivity contribution in [2.45, 2.75) is 12.6 Å². The van der Waals surface area contributed by atoms with Crippen LogP contribution in [-0.4, -0.2) is 18.1 Å². The van der Waals surface area contributed by atoms with Gasteiger partial charge in [-0.15, -0.1) is 0 Å². The minimum absolute atomic E-state index is 0.0421. The van der Waals surface area contributed by atoms with Crippen molar-refractivity contribution >= 4 is 17.4 Å². The average Bonchev–Trinajstić information content (AvgIpc) is 2.88. The highest BCUT2D eigenvalue weighted by Crippen LogP contribution is 2.32. The van der Waals surface area contributed by atoms with Gasteiger partial charge in [0.2, 0.25) is 0 Å². The van der Waals surface area contributed by atoms with Gasteiger partial charge in [0.05, 0.1) is 16.8 Å². The highest BCUT2D eigenvalue weighted by molar-refractivity contribution is 7.99. The number of nitriles is 1. The fourth-order valence-electron chi connectivity index (χ4n) is 1.97. The third-order valence-electron chi connectivity index (χ3n) is 3.07. The molecular weight excluding hydrogens is 273 g/mol. The molecular formula is C13H13F3N2S. The van der Waals surface area contributed by atoms with Gasteiger partial charge >= 0.3 is 6.18 Å². The Hall–Kier alpha value is -1.35. The molecule has 0 aliphatic carbocycles. The summed E-state index contributed by atoms with van der Waals surface area (Å²) in [5, 5.41) is 12.0. The molecule has 1 aromatic carbocycles. The van der Waals surface area contributed by atoms with Crippen LogP contribution in [0.3, 0.4) is 0 Å². The molecule has 1 aromatic rings. The normalized spacial score (nSPS) is 19.2. The summed E-state index contributed by atoms with van der Waals surface area (Å²) in [6, 6.07) is 5.05. The lowest BCUT2D eigenvalue weighted by Gasteiger charge is -2.14. The highest BCUT2D eigenvalue weighted by Gasteiger charge is 2.31. The number of anilines is 1. The quantitative estimate of drug-likeness (QED) is 0.919. The van der Waals surface area contributed by atoms with E-state index in [4.69, 9.17) is 5.26 Å². The lowest BCUT2D eigenvalue weighted by molar-refractivity contribution is -0.137. The van der Waals surface area contributed by atoms with E-state index in [-0.39, 0.29) is 5.56 Å². The first-order valence-electron chi connectivity index (χ1n) is 5.93. The molecule has 1 unspecified atom stereocenters. The van der Waals surface area contributed by atoms with E-state index in [1.807, 2.05) is 17.8 Å². The fourth-order valence-corrected chi connectivity index (χ4v) is 3.25. The molecule has 1 atom stereocenters. The Morgan fingerprint density at radius 3 is 2.79 bits per heavy atom. The van der Waals surface area contributed by atoms with Gasteiger partial charge in [-0.1, -0.05) is 0 Å². The molecule has 1 heterocycles. The molecule has 0 radical (unpaired) electrons. The Kier molecular flexibility index (Phi) is 4.25. The Morgan fingerprint density at radius 1 is 1.42 bits per heavy atom. The topological polar surface area (TPSA) is 35.8 Å². The molecule has 1 aliphatic rings. The van der Waals surface area contributed by atoms with Crippen LogP contribution in [0.1, 0.15) is 17.5 Å². The van der Waals surface area contributed by atoms with Crippen LogP contribution in [0.5, 0.6) is 0 Å². The molecule has 102 valence electrons. The highest BCUT2D eigenvalue weighted by atomic mass is 32.2. The number of rotatable bonds is 3.